The Bertz CT molecular complexity index is 769. The maximum absolute atomic E-state index is 13.1. The quantitative estimate of drug-likeness (QED) is 0.933. The van der Waals surface area contributed by atoms with E-state index >= 15 is 0 Å². The number of rotatable bonds is 3. The van der Waals surface area contributed by atoms with Gasteiger partial charge < -0.3 is 14.4 Å². The highest BCUT2D eigenvalue weighted by Crippen LogP contribution is 2.29. The minimum atomic E-state index is -1.10. The number of hydrogen-bond donors (Lipinski definition) is 1. The molecule has 3 rings (SSSR count). The van der Waals surface area contributed by atoms with E-state index < -0.39 is 5.97 Å². The van der Waals surface area contributed by atoms with Crippen LogP contribution < -0.4 is 10.3 Å². The van der Waals surface area contributed by atoms with E-state index in [0.29, 0.717) is 12.2 Å². The van der Waals surface area contributed by atoms with E-state index in [1.54, 1.807) is 6.07 Å². The number of nitrogens with zero attached hydrogens (tertiary/aromatic N) is 1. The minimum absolute atomic E-state index is 0.0381. The van der Waals surface area contributed by atoms with E-state index in [4.69, 9.17) is 9.84 Å². The highest BCUT2D eigenvalue weighted by molar-refractivity contribution is 5.87. The predicted octanol–water partition coefficient (Wildman–Crippen LogP) is 1.69. The summed E-state index contributed by atoms with van der Waals surface area (Å²) in [5.74, 6) is -0.826. The Kier molecular flexibility index (Phi) is 3.21. The third kappa shape index (κ3) is 2.65. The second kappa shape index (κ2) is 5.05. The van der Waals surface area contributed by atoms with Crippen LogP contribution in [-0.4, -0.2) is 21.7 Å². The largest absolute Gasteiger partial charge is 0.488 e. The zero-order chi connectivity index (χ0) is 15.0. The fourth-order valence-corrected chi connectivity index (χ4v) is 2.41. The molecule has 1 aromatic carbocycles. The Labute approximate surface area is 119 Å². The van der Waals surface area contributed by atoms with Crippen LogP contribution in [0.25, 0.3) is 0 Å². The van der Waals surface area contributed by atoms with Gasteiger partial charge in [0.1, 0.15) is 17.7 Å². The highest BCUT2D eigenvalue weighted by Gasteiger charge is 2.24. The summed E-state index contributed by atoms with van der Waals surface area (Å²) in [4.78, 5) is 22.7. The smallest absolute Gasteiger partial charge is 0.337 e. The first-order valence-corrected chi connectivity index (χ1v) is 6.42. The number of halogens is 1. The molecule has 1 aliphatic rings. The Hall–Kier alpha value is -2.63. The van der Waals surface area contributed by atoms with Crippen molar-refractivity contribution in [1.82, 2.24) is 4.57 Å². The van der Waals surface area contributed by atoms with E-state index in [2.05, 4.69) is 0 Å². The summed E-state index contributed by atoms with van der Waals surface area (Å²) in [7, 11) is 0. The maximum Gasteiger partial charge on any atom is 0.337 e. The van der Waals surface area contributed by atoms with Gasteiger partial charge in [-0.3, -0.25) is 4.79 Å². The number of hydrogen-bond acceptors (Lipinski definition) is 3. The van der Waals surface area contributed by atoms with Gasteiger partial charge in [0.2, 0.25) is 0 Å². The molecule has 0 aliphatic carbocycles. The van der Waals surface area contributed by atoms with Crippen molar-refractivity contribution in [2.24, 2.45) is 0 Å². The van der Waals surface area contributed by atoms with E-state index in [1.807, 2.05) is 0 Å². The zero-order valence-corrected chi connectivity index (χ0v) is 11.0. The van der Waals surface area contributed by atoms with Crippen LogP contribution in [0.5, 0.6) is 5.75 Å². The molecular formula is C15H12FNO4. The summed E-state index contributed by atoms with van der Waals surface area (Å²) in [6, 6.07) is 6.76. The summed E-state index contributed by atoms with van der Waals surface area (Å²) >= 11 is 0. The number of aromatic carboxylic acids is 1. The molecule has 0 bridgehead atoms. The predicted molar refractivity (Wildman–Crippen MR) is 72.2 cm³/mol. The normalized spacial score (nSPS) is 16.3. The molecule has 6 heteroatoms. The van der Waals surface area contributed by atoms with Crippen LogP contribution in [0.2, 0.25) is 0 Å². The number of pyridine rings is 1. The van der Waals surface area contributed by atoms with Gasteiger partial charge in [-0.25, -0.2) is 9.18 Å². The molecule has 2 aromatic rings. The molecule has 0 spiro atoms. The summed E-state index contributed by atoms with van der Waals surface area (Å²) in [5.41, 5.74) is 0.490. The van der Waals surface area contributed by atoms with Gasteiger partial charge in [0.15, 0.2) is 0 Å². The van der Waals surface area contributed by atoms with Crippen molar-refractivity contribution in [3.05, 3.63) is 63.8 Å². The average molecular weight is 289 g/mol. The molecule has 108 valence electrons. The van der Waals surface area contributed by atoms with Crippen molar-refractivity contribution in [1.29, 1.82) is 0 Å². The Balaban J connectivity index is 1.81. The van der Waals surface area contributed by atoms with Gasteiger partial charge in [-0.1, -0.05) is 0 Å². The first-order valence-electron chi connectivity index (χ1n) is 6.42. The number of benzene rings is 1. The van der Waals surface area contributed by atoms with Gasteiger partial charge in [0.25, 0.3) is 5.56 Å². The van der Waals surface area contributed by atoms with Crippen molar-refractivity contribution in [2.75, 3.05) is 0 Å². The molecule has 0 saturated carbocycles. The second-order valence-electron chi connectivity index (χ2n) is 4.91. The molecule has 5 nitrogen and oxygen atoms in total. The molecular weight excluding hydrogens is 277 g/mol. The number of ether oxygens (including phenoxy) is 1. The number of carboxylic acids is 1. The van der Waals surface area contributed by atoms with Crippen molar-refractivity contribution >= 4 is 5.97 Å². The fourth-order valence-electron chi connectivity index (χ4n) is 2.41. The SMILES string of the molecule is O=C(O)c1ccc(=O)n(CC2Cc3cc(F)ccc3O2)c1. The zero-order valence-electron chi connectivity index (χ0n) is 11.0. The van der Waals surface area contributed by atoms with E-state index in [-0.39, 0.29) is 29.6 Å². The molecule has 1 aromatic heterocycles. The monoisotopic (exact) mass is 289 g/mol. The third-order valence-electron chi connectivity index (χ3n) is 3.39. The highest BCUT2D eigenvalue weighted by atomic mass is 19.1. The molecule has 0 saturated heterocycles. The van der Waals surface area contributed by atoms with Crippen molar-refractivity contribution in [2.45, 2.75) is 19.1 Å². The molecule has 1 N–H and O–H groups in total. The lowest BCUT2D eigenvalue weighted by atomic mass is 10.1. The van der Waals surface area contributed by atoms with Crippen LogP contribution in [-0.2, 0) is 13.0 Å². The summed E-state index contributed by atoms with van der Waals surface area (Å²) in [5, 5.41) is 8.95. The van der Waals surface area contributed by atoms with Crippen LogP contribution in [0.1, 0.15) is 15.9 Å². The second-order valence-corrected chi connectivity index (χ2v) is 4.91. The first kappa shape index (κ1) is 13.4. The molecule has 0 radical (unpaired) electrons. The average Bonchev–Trinajstić information content (AvgIpc) is 2.82. The van der Waals surface area contributed by atoms with Gasteiger partial charge >= 0.3 is 5.97 Å². The lowest BCUT2D eigenvalue weighted by Gasteiger charge is -2.13. The Morgan fingerprint density at radius 2 is 2.19 bits per heavy atom. The summed E-state index contributed by atoms with van der Waals surface area (Å²) < 4.78 is 20.1. The van der Waals surface area contributed by atoms with Crippen LogP contribution in [0, 0.1) is 5.82 Å². The molecule has 0 fully saturated rings. The molecule has 1 aliphatic heterocycles. The molecule has 21 heavy (non-hydrogen) atoms. The number of carboxylic acid groups (broad SMARTS) is 1. The van der Waals surface area contributed by atoms with Crippen molar-refractivity contribution < 1.29 is 19.0 Å². The first-order chi connectivity index (χ1) is 10.0. The standard InChI is InChI=1S/C15H12FNO4/c16-11-2-3-13-10(5-11)6-12(21-13)8-17-7-9(15(19)20)1-4-14(17)18/h1-5,7,12H,6,8H2,(H,19,20). The molecule has 1 unspecified atom stereocenters. The maximum atomic E-state index is 13.1. The topological polar surface area (TPSA) is 68.5 Å². The van der Waals surface area contributed by atoms with Gasteiger partial charge in [0, 0.05) is 24.2 Å². The van der Waals surface area contributed by atoms with Gasteiger partial charge in [-0.15, -0.1) is 0 Å². The minimum Gasteiger partial charge on any atom is -0.488 e. The molecule has 2 heterocycles. The lowest BCUT2D eigenvalue weighted by Crippen LogP contribution is -2.29. The van der Waals surface area contributed by atoms with Crippen LogP contribution in [0.15, 0.2) is 41.3 Å². The van der Waals surface area contributed by atoms with Crippen molar-refractivity contribution in [3.63, 3.8) is 0 Å². The molecule has 0 amide bonds. The fraction of sp³-hybridized carbons (Fsp3) is 0.200. The van der Waals surface area contributed by atoms with E-state index in [0.717, 1.165) is 5.56 Å². The van der Waals surface area contributed by atoms with Gasteiger partial charge in [-0.05, 0) is 24.3 Å². The Morgan fingerprint density at radius 1 is 1.38 bits per heavy atom. The number of carbonyl (C=O) groups is 1. The Morgan fingerprint density at radius 3 is 2.95 bits per heavy atom. The summed E-state index contributed by atoms with van der Waals surface area (Å²) in [6.45, 7) is 0.219. The summed E-state index contributed by atoms with van der Waals surface area (Å²) in [6.07, 6.45) is 1.46. The van der Waals surface area contributed by atoms with Crippen LogP contribution >= 0.6 is 0 Å². The van der Waals surface area contributed by atoms with E-state index in [1.165, 1.54) is 35.0 Å². The lowest BCUT2D eigenvalue weighted by molar-refractivity contribution is 0.0695. The van der Waals surface area contributed by atoms with Gasteiger partial charge in [0.05, 0.1) is 12.1 Å². The van der Waals surface area contributed by atoms with E-state index in [9.17, 15) is 14.0 Å². The van der Waals surface area contributed by atoms with Crippen LogP contribution in [0.4, 0.5) is 4.39 Å². The third-order valence-corrected chi connectivity index (χ3v) is 3.39. The number of fused-ring (bicyclic) bond motifs is 1. The van der Waals surface area contributed by atoms with Gasteiger partial charge in [-0.2, -0.15) is 0 Å². The molecule has 1 atom stereocenters. The van der Waals surface area contributed by atoms with Crippen LogP contribution in [0.3, 0.4) is 0 Å². The number of aromatic nitrogens is 1. The van der Waals surface area contributed by atoms with Crippen molar-refractivity contribution in [3.8, 4) is 5.75 Å².